The average Bonchev–Trinajstić information content (AvgIpc) is 2.98. The summed E-state index contributed by atoms with van der Waals surface area (Å²) >= 11 is 0. The van der Waals surface area contributed by atoms with E-state index in [0.29, 0.717) is 11.6 Å². The van der Waals surface area contributed by atoms with Crippen LogP contribution in [0.3, 0.4) is 0 Å². The van der Waals surface area contributed by atoms with Crippen LogP contribution in [0, 0.1) is 0 Å². The van der Waals surface area contributed by atoms with E-state index in [4.69, 9.17) is 5.73 Å². The lowest BCUT2D eigenvalue weighted by molar-refractivity contribution is 0.100. The third-order valence-electron chi connectivity index (χ3n) is 4.05. The van der Waals surface area contributed by atoms with E-state index in [0.717, 1.165) is 29.7 Å². The lowest BCUT2D eigenvalue weighted by atomic mass is 10.1. The molecule has 1 unspecified atom stereocenters. The average molecular weight is 284 g/mol. The summed E-state index contributed by atoms with van der Waals surface area (Å²) in [5.41, 5.74) is 7.77. The molecule has 5 nitrogen and oxygen atoms in total. The van der Waals surface area contributed by atoms with Crippen LogP contribution in [0.5, 0.6) is 0 Å². The molecule has 5 heteroatoms. The molecule has 0 bridgehead atoms. The Bertz CT molecular complexity index is 664. The smallest absolute Gasteiger partial charge is 0.252 e. The maximum absolute atomic E-state index is 11.7. The van der Waals surface area contributed by atoms with E-state index in [1.165, 1.54) is 12.8 Å². The van der Waals surface area contributed by atoms with E-state index in [9.17, 15) is 4.79 Å². The van der Waals surface area contributed by atoms with Gasteiger partial charge in [0, 0.05) is 31.2 Å². The molecule has 2 heterocycles. The Morgan fingerprint density at radius 3 is 3.00 bits per heavy atom. The number of para-hydroxylation sites is 1. The number of fused-ring (bicyclic) bond motifs is 1. The van der Waals surface area contributed by atoms with Crippen molar-refractivity contribution >= 4 is 22.5 Å². The molecule has 0 spiro atoms. The molecule has 2 aromatic rings. The minimum atomic E-state index is -0.436. The molecule has 0 saturated carbocycles. The van der Waals surface area contributed by atoms with Crippen molar-refractivity contribution in [3.8, 4) is 0 Å². The number of nitrogens with one attached hydrogen (secondary N) is 1. The monoisotopic (exact) mass is 284 g/mol. The molecular formula is C16H20N4O. The summed E-state index contributed by atoms with van der Waals surface area (Å²) in [7, 11) is 2.01. The second-order valence-electron chi connectivity index (χ2n) is 5.58. The van der Waals surface area contributed by atoms with Gasteiger partial charge < -0.3 is 16.0 Å². The Morgan fingerprint density at radius 2 is 2.29 bits per heavy atom. The number of aromatic nitrogens is 1. The summed E-state index contributed by atoms with van der Waals surface area (Å²) in [5, 5.41) is 4.45. The number of nitrogens with zero attached hydrogens (tertiary/aromatic N) is 2. The van der Waals surface area contributed by atoms with Crippen molar-refractivity contribution < 1.29 is 4.79 Å². The quantitative estimate of drug-likeness (QED) is 0.893. The van der Waals surface area contributed by atoms with E-state index in [1.807, 2.05) is 31.3 Å². The molecule has 1 aromatic heterocycles. The molecule has 1 atom stereocenters. The van der Waals surface area contributed by atoms with E-state index < -0.39 is 5.91 Å². The number of rotatable bonds is 4. The normalized spacial score (nSPS) is 18.0. The first-order valence-electron chi connectivity index (χ1n) is 7.29. The Hall–Kier alpha value is -2.14. The molecule has 1 saturated heterocycles. The third kappa shape index (κ3) is 2.69. The summed E-state index contributed by atoms with van der Waals surface area (Å²) in [6, 6.07) is 8.30. The zero-order chi connectivity index (χ0) is 14.8. The molecule has 110 valence electrons. The molecule has 1 aromatic carbocycles. The van der Waals surface area contributed by atoms with Gasteiger partial charge in [-0.15, -0.1) is 0 Å². The first-order chi connectivity index (χ1) is 10.2. The van der Waals surface area contributed by atoms with Gasteiger partial charge in [0.2, 0.25) is 0 Å². The van der Waals surface area contributed by atoms with Gasteiger partial charge in [0.05, 0.1) is 16.8 Å². The number of pyridine rings is 1. The standard InChI is InChI=1S/C16H20N4O/c1-20(10-11-5-4-8-18-11)15-12-6-2-3-7-14(12)19-9-13(15)16(17)21/h2-3,6-7,9,11,18H,4-5,8,10H2,1H3,(H2,17,21). The minimum Gasteiger partial charge on any atom is -0.372 e. The number of carbonyl (C=O) groups excluding carboxylic acids is 1. The van der Waals surface area contributed by atoms with Crippen LogP contribution in [0.25, 0.3) is 10.9 Å². The van der Waals surface area contributed by atoms with Gasteiger partial charge >= 0.3 is 0 Å². The predicted octanol–water partition coefficient (Wildman–Crippen LogP) is 1.52. The maximum Gasteiger partial charge on any atom is 0.252 e. The Morgan fingerprint density at radius 1 is 1.48 bits per heavy atom. The zero-order valence-corrected chi connectivity index (χ0v) is 12.2. The Kier molecular flexibility index (Phi) is 3.75. The van der Waals surface area contributed by atoms with Crippen molar-refractivity contribution in [2.75, 3.05) is 25.0 Å². The first-order valence-corrected chi connectivity index (χ1v) is 7.29. The summed E-state index contributed by atoms with van der Waals surface area (Å²) in [6.07, 6.45) is 3.95. The van der Waals surface area contributed by atoms with E-state index >= 15 is 0 Å². The number of amides is 1. The van der Waals surface area contributed by atoms with Crippen LogP contribution in [0.1, 0.15) is 23.2 Å². The molecule has 1 aliphatic rings. The molecular weight excluding hydrogens is 264 g/mol. The first kappa shape index (κ1) is 13.8. The number of hydrogen-bond donors (Lipinski definition) is 2. The SMILES string of the molecule is CN(CC1CCCN1)c1c(C(N)=O)cnc2ccccc12. The zero-order valence-electron chi connectivity index (χ0n) is 12.2. The van der Waals surface area contributed by atoms with Crippen molar-refractivity contribution in [3.05, 3.63) is 36.0 Å². The van der Waals surface area contributed by atoms with Gasteiger partial charge in [-0.1, -0.05) is 18.2 Å². The van der Waals surface area contributed by atoms with Crippen LogP contribution in [-0.2, 0) is 0 Å². The summed E-state index contributed by atoms with van der Waals surface area (Å²) < 4.78 is 0. The van der Waals surface area contributed by atoms with Crippen molar-refractivity contribution in [3.63, 3.8) is 0 Å². The van der Waals surface area contributed by atoms with Gasteiger partial charge in [-0.25, -0.2) is 0 Å². The Balaban J connectivity index is 2.04. The highest BCUT2D eigenvalue weighted by Crippen LogP contribution is 2.29. The van der Waals surface area contributed by atoms with Crippen molar-refractivity contribution in [2.24, 2.45) is 5.73 Å². The van der Waals surface area contributed by atoms with Crippen LogP contribution >= 0.6 is 0 Å². The van der Waals surface area contributed by atoms with Crippen molar-refractivity contribution in [1.29, 1.82) is 0 Å². The van der Waals surface area contributed by atoms with Crippen molar-refractivity contribution in [2.45, 2.75) is 18.9 Å². The Labute approximate surface area is 124 Å². The minimum absolute atomic E-state index is 0.436. The number of likely N-dealkylation sites (N-methyl/N-ethyl adjacent to an activating group) is 1. The number of benzene rings is 1. The summed E-state index contributed by atoms with van der Waals surface area (Å²) in [5.74, 6) is -0.436. The van der Waals surface area contributed by atoms with E-state index in [2.05, 4.69) is 15.2 Å². The number of nitrogens with two attached hydrogens (primary N) is 1. The fraction of sp³-hybridized carbons (Fsp3) is 0.375. The topological polar surface area (TPSA) is 71.2 Å². The van der Waals surface area contributed by atoms with E-state index in [-0.39, 0.29) is 0 Å². The van der Waals surface area contributed by atoms with Crippen LogP contribution in [0.2, 0.25) is 0 Å². The number of carbonyl (C=O) groups is 1. The molecule has 1 amide bonds. The van der Waals surface area contributed by atoms with Crippen LogP contribution < -0.4 is 16.0 Å². The van der Waals surface area contributed by atoms with Gasteiger partial charge in [0.1, 0.15) is 0 Å². The molecule has 1 fully saturated rings. The lowest BCUT2D eigenvalue weighted by Gasteiger charge is -2.26. The largest absolute Gasteiger partial charge is 0.372 e. The van der Waals surface area contributed by atoms with E-state index in [1.54, 1.807) is 6.20 Å². The number of primary amides is 1. The lowest BCUT2D eigenvalue weighted by Crippen LogP contribution is -2.36. The molecule has 1 aliphatic heterocycles. The maximum atomic E-state index is 11.7. The second kappa shape index (κ2) is 5.69. The van der Waals surface area contributed by atoms with Crippen LogP contribution in [-0.4, -0.2) is 37.1 Å². The van der Waals surface area contributed by atoms with Gasteiger partial charge in [0.25, 0.3) is 5.91 Å². The number of hydrogen-bond acceptors (Lipinski definition) is 4. The van der Waals surface area contributed by atoms with Crippen LogP contribution in [0.4, 0.5) is 5.69 Å². The summed E-state index contributed by atoms with van der Waals surface area (Å²) in [4.78, 5) is 18.2. The highest BCUT2D eigenvalue weighted by Gasteiger charge is 2.21. The predicted molar refractivity (Wildman–Crippen MR) is 84.6 cm³/mol. The van der Waals surface area contributed by atoms with Gasteiger partial charge in [-0.2, -0.15) is 0 Å². The third-order valence-corrected chi connectivity index (χ3v) is 4.05. The van der Waals surface area contributed by atoms with Crippen LogP contribution in [0.15, 0.2) is 30.5 Å². The highest BCUT2D eigenvalue weighted by molar-refractivity contribution is 6.06. The van der Waals surface area contributed by atoms with Crippen molar-refractivity contribution in [1.82, 2.24) is 10.3 Å². The molecule has 0 aliphatic carbocycles. The molecule has 3 N–H and O–H groups in total. The fourth-order valence-corrected chi connectivity index (χ4v) is 3.05. The molecule has 21 heavy (non-hydrogen) atoms. The molecule has 0 radical (unpaired) electrons. The molecule has 3 rings (SSSR count). The highest BCUT2D eigenvalue weighted by atomic mass is 16.1. The fourth-order valence-electron chi connectivity index (χ4n) is 3.05. The van der Waals surface area contributed by atoms with Gasteiger partial charge in [-0.3, -0.25) is 9.78 Å². The van der Waals surface area contributed by atoms with Gasteiger partial charge in [0.15, 0.2) is 0 Å². The number of anilines is 1. The second-order valence-corrected chi connectivity index (χ2v) is 5.58. The summed E-state index contributed by atoms with van der Waals surface area (Å²) in [6.45, 7) is 1.92. The van der Waals surface area contributed by atoms with Gasteiger partial charge in [-0.05, 0) is 25.5 Å².